The summed E-state index contributed by atoms with van der Waals surface area (Å²) < 4.78 is 0. The van der Waals surface area contributed by atoms with E-state index in [1.165, 1.54) is 0 Å². The molecule has 0 fully saturated rings. The number of nitrogens with one attached hydrogen (secondary N) is 2. The summed E-state index contributed by atoms with van der Waals surface area (Å²) in [4.78, 5) is 14.4. The van der Waals surface area contributed by atoms with Crippen LogP contribution < -0.4 is 10.6 Å². The van der Waals surface area contributed by atoms with Crippen LogP contribution in [0.15, 0.2) is 18.2 Å². The van der Waals surface area contributed by atoms with E-state index in [0.29, 0.717) is 0 Å². The van der Waals surface area contributed by atoms with Crippen LogP contribution in [0, 0.1) is 6.92 Å². The Hall–Kier alpha value is -1.55. The summed E-state index contributed by atoms with van der Waals surface area (Å²) in [6.07, 6.45) is 0.952. The van der Waals surface area contributed by atoms with E-state index >= 15 is 0 Å². The third kappa shape index (κ3) is 5.21. The topological polar surface area (TPSA) is 44.4 Å². The molecule has 0 aliphatic rings. The lowest BCUT2D eigenvalue weighted by atomic mass is 10.1. The highest BCUT2D eigenvalue weighted by Crippen LogP contribution is 2.15. The fraction of sp³-hybridized carbons (Fsp3) is 0.562. The molecule has 0 bridgehead atoms. The van der Waals surface area contributed by atoms with Gasteiger partial charge in [-0.1, -0.05) is 0 Å². The van der Waals surface area contributed by atoms with Gasteiger partial charge in [-0.2, -0.15) is 0 Å². The molecule has 20 heavy (non-hydrogen) atoms. The molecule has 1 atom stereocenters. The lowest BCUT2D eigenvalue weighted by Gasteiger charge is -2.17. The Morgan fingerprint density at radius 1 is 1.35 bits per heavy atom. The highest BCUT2D eigenvalue weighted by molar-refractivity contribution is 5.96. The zero-order valence-corrected chi connectivity index (χ0v) is 13.3. The van der Waals surface area contributed by atoms with Crippen LogP contribution in [0.4, 0.5) is 5.69 Å². The Bertz CT molecular complexity index is 443. The second-order valence-electron chi connectivity index (χ2n) is 5.53. The summed E-state index contributed by atoms with van der Waals surface area (Å²) in [6.45, 7) is 7.93. The molecule has 1 unspecified atom stereocenters. The smallest absolute Gasteiger partial charge is 0.251 e. The molecule has 2 N–H and O–H groups in total. The fourth-order valence-electron chi connectivity index (χ4n) is 2.06. The first-order valence-corrected chi connectivity index (χ1v) is 7.24. The number of carbonyl (C=O) groups is 1. The Morgan fingerprint density at radius 2 is 2.05 bits per heavy atom. The van der Waals surface area contributed by atoms with E-state index in [1.807, 2.05) is 46.1 Å². The van der Waals surface area contributed by atoms with Crippen molar-refractivity contribution in [1.82, 2.24) is 10.2 Å². The van der Waals surface area contributed by atoms with Crippen LogP contribution in [0.25, 0.3) is 0 Å². The van der Waals surface area contributed by atoms with Crippen LogP contribution in [0.1, 0.15) is 36.2 Å². The van der Waals surface area contributed by atoms with Crippen LogP contribution in [0.5, 0.6) is 0 Å². The molecule has 4 nitrogen and oxygen atoms in total. The first-order valence-electron chi connectivity index (χ1n) is 7.24. The third-order valence-corrected chi connectivity index (χ3v) is 3.24. The summed E-state index contributed by atoms with van der Waals surface area (Å²) in [6, 6.07) is 6.04. The van der Waals surface area contributed by atoms with Gasteiger partial charge in [-0.25, -0.2) is 0 Å². The van der Waals surface area contributed by atoms with E-state index in [9.17, 15) is 4.79 Å². The Labute approximate surface area is 122 Å². The van der Waals surface area contributed by atoms with E-state index in [0.717, 1.165) is 36.3 Å². The number of anilines is 1. The number of hydrogen-bond donors (Lipinski definition) is 2. The van der Waals surface area contributed by atoms with Crippen molar-refractivity contribution in [2.24, 2.45) is 0 Å². The number of benzene rings is 1. The Balaban J connectivity index is 2.63. The van der Waals surface area contributed by atoms with E-state index < -0.39 is 0 Å². The maximum atomic E-state index is 12.2. The van der Waals surface area contributed by atoms with Crippen molar-refractivity contribution in [2.75, 3.05) is 32.5 Å². The van der Waals surface area contributed by atoms with Gasteiger partial charge in [0.15, 0.2) is 0 Å². The molecule has 0 spiro atoms. The lowest BCUT2D eigenvalue weighted by Crippen LogP contribution is -2.35. The minimum absolute atomic E-state index is 0.0109. The molecule has 0 radical (unpaired) electrons. The second kappa shape index (κ2) is 7.90. The highest BCUT2D eigenvalue weighted by atomic mass is 16.1. The molecule has 1 rings (SSSR count). The maximum Gasteiger partial charge on any atom is 0.251 e. The summed E-state index contributed by atoms with van der Waals surface area (Å²) in [5.74, 6) is 0.0109. The third-order valence-electron chi connectivity index (χ3n) is 3.24. The Kier molecular flexibility index (Phi) is 6.52. The molecule has 0 saturated heterocycles. The predicted octanol–water partition coefficient (Wildman–Crippen LogP) is 2.50. The molecule has 112 valence electrons. The molecular weight excluding hydrogens is 250 g/mol. The van der Waals surface area contributed by atoms with Crippen molar-refractivity contribution >= 4 is 11.6 Å². The normalized spacial score (nSPS) is 12.3. The maximum absolute atomic E-state index is 12.2. The number of carbonyl (C=O) groups excluding carboxylic acids is 1. The lowest BCUT2D eigenvalue weighted by molar-refractivity contribution is 0.0936. The van der Waals surface area contributed by atoms with Crippen molar-refractivity contribution in [3.63, 3.8) is 0 Å². The quantitative estimate of drug-likeness (QED) is 0.805. The van der Waals surface area contributed by atoms with Gasteiger partial charge in [0.05, 0.1) is 0 Å². The average molecular weight is 277 g/mol. The zero-order valence-electron chi connectivity index (χ0n) is 13.3. The van der Waals surface area contributed by atoms with Crippen molar-refractivity contribution in [3.05, 3.63) is 29.3 Å². The van der Waals surface area contributed by atoms with Gasteiger partial charge in [0.25, 0.3) is 5.91 Å². The molecule has 1 amide bonds. The molecule has 1 aromatic carbocycles. The average Bonchev–Trinajstić information content (AvgIpc) is 2.36. The largest absolute Gasteiger partial charge is 0.385 e. The summed E-state index contributed by atoms with van der Waals surface area (Å²) in [5.41, 5.74) is 2.81. The highest BCUT2D eigenvalue weighted by Gasteiger charge is 2.12. The van der Waals surface area contributed by atoms with Crippen LogP contribution in [-0.2, 0) is 0 Å². The number of amides is 1. The van der Waals surface area contributed by atoms with Gasteiger partial charge in [0, 0.05) is 23.8 Å². The Morgan fingerprint density at radius 3 is 2.60 bits per heavy atom. The molecule has 0 heterocycles. The SMILES string of the molecule is CCNc1ccc(C(=O)NC(C)CCN(C)C)c(C)c1. The molecule has 0 aliphatic heterocycles. The van der Waals surface area contributed by atoms with Gasteiger partial charge >= 0.3 is 0 Å². The molecular formula is C16H27N3O. The van der Waals surface area contributed by atoms with E-state index in [1.54, 1.807) is 0 Å². The van der Waals surface area contributed by atoms with Crippen LogP contribution in [-0.4, -0.2) is 44.0 Å². The van der Waals surface area contributed by atoms with Crippen LogP contribution in [0.3, 0.4) is 0 Å². The van der Waals surface area contributed by atoms with Gasteiger partial charge in [0.2, 0.25) is 0 Å². The molecule has 0 saturated carbocycles. The zero-order chi connectivity index (χ0) is 15.1. The monoisotopic (exact) mass is 277 g/mol. The van der Waals surface area contributed by atoms with E-state index in [2.05, 4.69) is 22.5 Å². The molecule has 4 heteroatoms. The minimum Gasteiger partial charge on any atom is -0.385 e. The van der Waals surface area contributed by atoms with Crippen molar-refractivity contribution in [1.29, 1.82) is 0 Å². The molecule has 0 aromatic heterocycles. The van der Waals surface area contributed by atoms with E-state index in [4.69, 9.17) is 0 Å². The fourth-order valence-corrected chi connectivity index (χ4v) is 2.06. The number of nitrogens with zero attached hydrogens (tertiary/aromatic N) is 1. The van der Waals surface area contributed by atoms with Crippen molar-refractivity contribution < 1.29 is 4.79 Å². The first kappa shape index (κ1) is 16.5. The number of rotatable bonds is 7. The molecule has 0 aliphatic carbocycles. The van der Waals surface area contributed by atoms with Gasteiger partial charge in [-0.05, 0) is 71.6 Å². The second-order valence-corrected chi connectivity index (χ2v) is 5.53. The van der Waals surface area contributed by atoms with Gasteiger partial charge < -0.3 is 15.5 Å². The van der Waals surface area contributed by atoms with Crippen LogP contribution >= 0.6 is 0 Å². The van der Waals surface area contributed by atoms with Gasteiger partial charge in [0.1, 0.15) is 0 Å². The van der Waals surface area contributed by atoms with Gasteiger partial charge in [-0.15, -0.1) is 0 Å². The standard InChI is InChI=1S/C16H27N3O/c1-6-17-14-7-8-15(12(2)11-14)16(20)18-13(3)9-10-19(4)5/h7-8,11,13,17H,6,9-10H2,1-5H3,(H,18,20). The first-order chi connectivity index (χ1) is 9.43. The minimum atomic E-state index is 0.0109. The number of aryl methyl sites for hydroxylation is 1. The van der Waals surface area contributed by atoms with Crippen molar-refractivity contribution in [2.45, 2.75) is 33.2 Å². The predicted molar refractivity (Wildman–Crippen MR) is 85.4 cm³/mol. The van der Waals surface area contributed by atoms with Gasteiger partial charge in [-0.3, -0.25) is 4.79 Å². The van der Waals surface area contributed by atoms with Crippen LogP contribution in [0.2, 0.25) is 0 Å². The summed E-state index contributed by atoms with van der Waals surface area (Å²) in [7, 11) is 4.08. The van der Waals surface area contributed by atoms with Crippen molar-refractivity contribution in [3.8, 4) is 0 Å². The summed E-state index contributed by atoms with van der Waals surface area (Å²) in [5, 5.41) is 6.31. The summed E-state index contributed by atoms with van der Waals surface area (Å²) >= 11 is 0. The molecule has 1 aromatic rings. The number of hydrogen-bond acceptors (Lipinski definition) is 3. The van der Waals surface area contributed by atoms with E-state index in [-0.39, 0.29) is 11.9 Å².